The van der Waals surface area contributed by atoms with Crippen molar-refractivity contribution in [3.05, 3.63) is 69.2 Å². The molecule has 0 radical (unpaired) electrons. The van der Waals surface area contributed by atoms with Crippen molar-refractivity contribution in [1.82, 2.24) is 5.32 Å². The molecule has 0 bridgehead atoms. The number of hydrogen-bond donors (Lipinski definition) is 1. The van der Waals surface area contributed by atoms with Crippen LogP contribution in [0.3, 0.4) is 0 Å². The molecule has 0 saturated heterocycles. The van der Waals surface area contributed by atoms with Crippen LogP contribution in [0.5, 0.6) is 0 Å². The van der Waals surface area contributed by atoms with E-state index in [0.29, 0.717) is 5.02 Å². The third-order valence-electron chi connectivity index (χ3n) is 3.64. The maximum absolute atomic E-state index is 6.32. The average molecular weight is 322 g/mol. The fourth-order valence-electron chi connectivity index (χ4n) is 2.50. The quantitative estimate of drug-likeness (QED) is 0.731. The van der Waals surface area contributed by atoms with Crippen LogP contribution >= 0.6 is 23.2 Å². The van der Waals surface area contributed by atoms with Gasteiger partial charge in [-0.1, -0.05) is 60.5 Å². The summed E-state index contributed by atoms with van der Waals surface area (Å²) in [6.07, 6.45) is 1.97. The van der Waals surface area contributed by atoms with E-state index in [9.17, 15) is 0 Å². The fourth-order valence-corrected chi connectivity index (χ4v) is 2.98. The maximum atomic E-state index is 6.32. The Hall–Kier alpha value is -1.02. The Balaban J connectivity index is 2.26. The number of hydrogen-bond acceptors (Lipinski definition) is 1. The van der Waals surface area contributed by atoms with Gasteiger partial charge in [-0.25, -0.2) is 0 Å². The zero-order valence-corrected chi connectivity index (χ0v) is 14.0. The number of halogens is 2. The van der Waals surface area contributed by atoms with Gasteiger partial charge < -0.3 is 5.32 Å². The molecule has 0 heterocycles. The summed E-state index contributed by atoms with van der Waals surface area (Å²) >= 11 is 12.3. The molecule has 1 nitrogen and oxygen atoms in total. The van der Waals surface area contributed by atoms with Gasteiger partial charge in [-0.05, 0) is 55.1 Å². The lowest BCUT2D eigenvalue weighted by atomic mass is 9.95. The number of benzene rings is 2. The minimum absolute atomic E-state index is 0.268. The first-order chi connectivity index (χ1) is 10.1. The lowest BCUT2D eigenvalue weighted by Crippen LogP contribution is -2.25. The van der Waals surface area contributed by atoms with Crippen LogP contribution in [0.25, 0.3) is 0 Å². The molecule has 0 aromatic heterocycles. The Bertz CT molecular complexity index is 596. The second-order valence-corrected chi connectivity index (χ2v) is 6.15. The second-order valence-electron chi connectivity index (χ2n) is 5.30. The van der Waals surface area contributed by atoms with Gasteiger partial charge in [-0.15, -0.1) is 0 Å². The molecule has 2 rings (SSSR count). The van der Waals surface area contributed by atoms with E-state index in [2.05, 4.69) is 43.4 Å². The summed E-state index contributed by atoms with van der Waals surface area (Å²) in [5.74, 6) is 0. The zero-order chi connectivity index (χ0) is 15.2. The van der Waals surface area contributed by atoms with Crippen LogP contribution in [-0.4, -0.2) is 6.54 Å². The van der Waals surface area contributed by atoms with Gasteiger partial charge in [0.2, 0.25) is 0 Å². The maximum Gasteiger partial charge on any atom is 0.0453 e. The molecule has 0 amide bonds. The van der Waals surface area contributed by atoms with E-state index in [0.717, 1.165) is 30.0 Å². The summed E-state index contributed by atoms with van der Waals surface area (Å²) in [4.78, 5) is 0. The van der Waals surface area contributed by atoms with Crippen LogP contribution in [0, 0.1) is 6.92 Å². The number of nitrogens with one attached hydrogen (secondary N) is 1. The van der Waals surface area contributed by atoms with E-state index < -0.39 is 0 Å². The summed E-state index contributed by atoms with van der Waals surface area (Å²) in [5.41, 5.74) is 3.76. The number of rotatable bonds is 6. The lowest BCUT2D eigenvalue weighted by Gasteiger charge is -2.21. The minimum atomic E-state index is 0.268. The molecule has 2 aromatic carbocycles. The highest BCUT2D eigenvalue weighted by Gasteiger charge is 2.15. The summed E-state index contributed by atoms with van der Waals surface area (Å²) in [7, 11) is 0. The van der Waals surface area contributed by atoms with Crippen LogP contribution in [0.15, 0.2) is 42.5 Å². The van der Waals surface area contributed by atoms with Crippen LogP contribution in [0.1, 0.15) is 36.1 Å². The molecule has 1 atom stereocenters. The van der Waals surface area contributed by atoms with Crippen LogP contribution < -0.4 is 5.32 Å². The summed E-state index contributed by atoms with van der Waals surface area (Å²) < 4.78 is 0. The molecule has 112 valence electrons. The molecule has 21 heavy (non-hydrogen) atoms. The van der Waals surface area contributed by atoms with Crippen molar-refractivity contribution in [1.29, 1.82) is 0 Å². The first-order valence-corrected chi connectivity index (χ1v) is 8.10. The second kappa shape index (κ2) is 7.84. The van der Waals surface area contributed by atoms with E-state index in [4.69, 9.17) is 23.2 Å². The minimum Gasteiger partial charge on any atom is -0.310 e. The molecule has 0 aliphatic heterocycles. The van der Waals surface area contributed by atoms with E-state index in [1.807, 2.05) is 18.2 Å². The summed E-state index contributed by atoms with van der Waals surface area (Å²) in [6.45, 7) is 5.32. The highest BCUT2D eigenvalue weighted by atomic mass is 35.5. The summed E-state index contributed by atoms with van der Waals surface area (Å²) in [6, 6.07) is 14.5. The standard InChI is InChI=1S/C18H21Cl2N/c1-3-10-21-18(16-7-5-4-6-13(16)2)11-14-8-9-15(19)12-17(14)20/h4-9,12,18,21H,3,10-11H2,1-2H3. The topological polar surface area (TPSA) is 12.0 Å². The highest BCUT2D eigenvalue weighted by Crippen LogP contribution is 2.27. The van der Waals surface area contributed by atoms with Crippen molar-refractivity contribution in [2.45, 2.75) is 32.7 Å². The van der Waals surface area contributed by atoms with Crippen LogP contribution in [0.2, 0.25) is 10.0 Å². The molecule has 0 aliphatic carbocycles. The van der Waals surface area contributed by atoms with Gasteiger partial charge in [-0.3, -0.25) is 0 Å². The monoisotopic (exact) mass is 321 g/mol. The molecule has 0 saturated carbocycles. The van der Waals surface area contributed by atoms with Crippen molar-refractivity contribution >= 4 is 23.2 Å². The van der Waals surface area contributed by atoms with Gasteiger partial charge in [0, 0.05) is 16.1 Å². The normalized spacial score (nSPS) is 12.4. The van der Waals surface area contributed by atoms with Gasteiger partial charge in [-0.2, -0.15) is 0 Å². The van der Waals surface area contributed by atoms with E-state index >= 15 is 0 Å². The van der Waals surface area contributed by atoms with E-state index in [1.165, 1.54) is 11.1 Å². The first kappa shape index (κ1) is 16.4. The molecule has 1 unspecified atom stereocenters. The smallest absolute Gasteiger partial charge is 0.0453 e. The Morgan fingerprint density at radius 1 is 1.10 bits per heavy atom. The van der Waals surface area contributed by atoms with Crippen molar-refractivity contribution in [3.8, 4) is 0 Å². The Kier molecular flexibility index (Phi) is 6.10. The zero-order valence-electron chi connectivity index (χ0n) is 12.5. The van der Waals surface area contributed by atoms with E-state index in [1.54, 1.807) is 0 Å². The highest BCUT2D eigenvalue weighted by molar-refractivity contribution is 6.35. The Labute approximate surface area is 137 Å². The van der Waals surface area contributed by atoms with Crippen LogP contribution in [0.4, 0.5) is 0 Å². The van der Waals surface area contributed by atoms with Gasteiger partial charge in [0.1, 0.15) is 0 Å². The lowest BCUT2D eigenvalue weighted by molar-refractivity contribution is 0.527. The summed E-state index contributed by atoms with van der Waals surface area (Å²) in [5, 5.41) is 5.04. The third-order valence-corrected chi connectivity index (χ3v) is 4.23. The average Bonchev–Trinajstić information content (AvgIpc) is 2.46. The first-order valence-electron chi connectivity index (χ1n) is 7.34. The van der Waals surface area contributed by atoms with Gasteiger partial charge in [0.25, 0.3) is 0 Å². The van der Waals surface area contributed by atoms with Crippen molar-refractivity contribution in [2.24, 2.45) is 0 Å². The van der Waals surface area contributed by atoms with Crippen molar-refractivity contribution in [2.75, 3.05) is 6.54 Å². The Morgan fingerprint density at radius 2 is 1.86 bits per heavy atom. The molecular weight excluding hydrogens is 301 g/mol. The SMILES string of the molecule is CCCNC(Cc1ccc(Cl)cc1Cl)c1ccccc1C. The molecule has 0 spiro atoms. The molecule has 0 aliphatic rings. The molecular formula is C18H21Cl2N. The van der Waals surface area contributed by atoms with E-state index in [-0.39, 0.29) is 6.04 Å². The third kappa shape index (κ3) is 4.47. The van der Waals surface area contributed by atoms with Crippen molar-refractivity contribution in [3.63, 3.8) is 0 Å². The van der Waals surface area contributed by atoms with Gasteiger partial charge in [0.05, 0.1) is 0 Å². The van der Waals surface area contributed by atoms with Gasteiger partial charge >= 0.3 is 0 Å². The predicted octanol–water partition coefficient (Wildman–Crippen LogP) is 5.59. The largest absolute Gasteiger partial charge is 0.310 e. The molecule has 3 heteroatoms. The number of aryl methyl sites for hydroxylation is 1. The fraction of sp³-hybridized carbons (Fsp3) is 0.333. The molecule has 0 fully saturated rings. The van der Waals surface area contributed by atoms with Crippen LogP contribution in [-0.2, 0) is 6.42 Å². The molecule has 1 N–H and O–H groups in total. The molecule has 2 aromatic rings. The predicted molar refractivity (Wildman–Crippen MR) is 92.4 cm³/mol. The van der Waals surface area contributed by atoms with Crippen molar-refractivity contribution < 1.29 is 0 Å². The Morgan fingerprint density at radius 3 is 2.52 bits per heavy atom. The van der Waals surface area contributed by atoms with Gasteiger partial charge in [0.15, 0.2) is 0 Å².